The summed E-state index contributed by atoms with van der Waals surface area (Å²) < 4.78 is 16.0. The summed E-state index contributed by atoms with van der Waals surface area (Å²) >= 11 is 0. The van der Waals surface area contributed by atoms with Gasteiger partial charge in [0.05, 0.1) is 20.8 Å². The summed E-state index contributed by atoms with van der Waals surface area (Å²) in [5.41, 5.74) is 1.89. The van der Waals surface area contributed by atoms with Gasteiger partial charge in [-0.15, -0.1) is 0 Å². The number of nitrogens with zero attached hydrogens (tertiary/aromatic N) is 1. The third kappa shape index (κ3) is 3.13. The Morgan fingerprint density at radius 2 is 1.72 bits per heavy atom. The molecule has 0 unspecified atom stereocenters. The summed E-state index contributed by atoms with van der Waals surface area (Å²) in [5, 5.41) is 1.70. The van der Waals surface area contributed by atoms with Crippen LogP contribution in [0.5, 0.6) is 11.5 Å². The van der Waals surface area contributed by atoms with Gasteiger partial charge in [-0.2, -0.15) is 0 Å². The summed E-state index contributed by atoms with van der Waals surface area (Å²) in [4.78, 5) is 16.8. The van der Waals surface area contributed by atoms with Gasteiger partial charge in [0.15, 0.2) is 17.2 Å². The van der Waals surface area contributed by atoms with Gasteiger partial charge in [-0.25, -0.2) is 9.78 Å². The SMILES string of the molecule is CCOC(=O)c1ncc2cc(OC)c(OC)cc2c1-c1ccccc1. The summed E-state index contributed by atoms with van der Waals surface area (Å²) in [7, 11) is 3.17. The van der Waals surface area contributed by atoms with Gasteiger partial charge < -0.3 is 14.2 Å². The molecule has 0 saturated carbocycles. The van der Waals surface area contributed by atoms with Gasteiger partial charge in [0.1, 0.15) is 0 Å². The van der Waals surface area contributed by atoms with Crippen LogP contribution >= 0.6 is 0 Å². The van der Waals surface area contributed by atoms with Crippen LogP contribution in [0, 0.1) is 0 Å². The lowest BCUT2D eigenvalue weighted by Gasteiger charge is -2.14. The van der Waals surface area contributed by atoms with Crippen LogP contribution in [0.25, 0.3) is 21.9 Å². The molecule has 0 saturated heterocycles. The van der Waals surface area contributed by atoms with Crippen LogP contribution in [0.15, 0.2) is 48.7 Å². The molecule has 0 fully saturated rings. The summed E-state index contributed by atoms with van der Waals surface area (Å²) in [6, 6.07) is 13.4. The number of aromatic nitrogens is 1. The van der Waals surface area contributed by atoms with Crippen LogP contribution in [0.1, 0.15) is 17.4 Å². The van der Waals surface area contributed by atoms with Gasteiger partial charge in [-0.3, -0.25) is 0 Å². The Bertz CT molecular complexity index is 906. The van der Waals surface area contributed by atoms with Crippen LogP contribution in [-0.2, 0) is 4.74 Å². The molecule has 0 bridgehead atoms. The average Bonchev–Trinajstić information content (AvgIpc) is 2.66. The Hall–Kier alpha value is -3.08. The molecule has 5 heteroatoms. The maximum Gasteiger partial charge on any atom is 0.357 e. The van der Waals surface area contributed by atoms with E-state index in [4.69, 9.17) is 14.2 Å². The monoisotopic (exact) mass is 337 g/mol. The standard InChI is InChI=1S/C20H19NO4/c1-4-25-20(22)19-18(13-8-6-5-7-9-13)15-11-17(24-3)16(23-2)10-14(15)12-21-19/h5-12H,4H2,1-3H3. The van der Waals surface area contributed by atoms with Crippen molar-refractivity contribution in [2.45, 2.75) is 6.92 Å². The van der Waals surface area contributed by atoms with E-state index in [9.17, 15) is 4.79 Å². The van der Waals surface area contributed by atoms with E-state index in [0.29, 0.717) is 18.1 Å². The molecule has 5 nitrogen and oxygen atoms in total. The highest BCUT2D eigenvalue weighted by Crippen LogP contribution is 2.38. The van der Waals surface area contributed by atoms with E-state index in [0.717, 1.165) is 21.9 Å². The van der Waals surface area contributed by atoms with Crippen LogP contribution in [0.3, 0.4) is 0 Å². The van der Waals surface area contributed by atoms with E-state index in [2.05, 4.69) is 4.98 Å². The summed E-state index contributed by atoms with van der Waals surface area (Å²) in [6.45, 7) is 2.06. The Labute approximate surface area is 146 Å². The van der Waals surface area contributed by atoms with Crippen LogP contribution < -0.4 is 9.47 Å². The third-order valence-electron chi connectivity index (χ3n) is 3.93. The van der Waals surface area contributed by atoms with Crippen LogP contribution in [0.4, 0.5) is 0 Å². The number of benzene rings is 2. The van der Waals surface area contributed by atoms with Crippen molar-refractivity contribution in [1.82, 2.24) is 4.98 Å². The Kier molecular flexibility index (Phi) is 4.84. The van der Waals surface area contributed by atoms with Gasteiger partial charge in [-0.05, 0) is 30.0 Å². The molecule has 0 N–H and O–H groups in total. The number of ether oxygens (including phenoxy) is 3. The highest BCUT2D eigenvalue weighted by atomic mass is 16.5. The quantitative estimate of drug-likeness (QED) is 0.656. The zero-order valence-corrected chi connectivity index (χ0v) is 14.4. The fourth-order valence-corrected chi connectivity index (χ4v) is 2.80. The van der Waals surface area contributed by atoms with E-state index >= 15 is 0 Å². The number of pyridine rings is 1. The van der Waals surface area contributed by atoms with Crippen molar-refractivity contribution in [3.8, 4) is 22.6 Å². The first-order valence-electron chi connectivity index (χ1n) is 7.96. The second-order valence-electron chi connectivity index (χ2n) is 5.36. The lowest BCUT2D eigenvalue weighted by Crippen LogP contribution is -2.09. The minimum atomic E-state index is -0.446. The third-order valence-corrected chi connectivity index (χ3v) is 3.93. The summed E-state index contributed by atoms with van der Waals surface area (Å²) in [6.07, 6.45) is 1.65. The van der Waals surface area contributed by atoms with Crippen molar-refractivity contribution in [1.29, 1.82) is 0 Å². The van der Waals surface area contributed by atoms with E-state index in [-0.39, 0.29) is 5.69 Å². The predicted molar refractivity (Wildman–Crippen MR) is 96.2 cm³/mol. The summed E-state index contributed by atoms with van der Waals surface area (Å²) in [5.74, 6) is 0.755. The van der Waals surface area contributed by atoms with E-state index in [1.54, 1.807) is 27.3 Å². The van der Waals surface area contributed by atoms with E-state index in [1.807, 2.05) is 42.5 Å². The second-order valence-corrected chi connectivity index (χ2v) is 5.36. The van der Waals surface area contributed by atoms with Gasteiger partial charge in [0, 0.05) is 17.1 Å². The fraction of sp³-hybridized carbons (Fsp3) is 0.200. The molecule has 3 rings (SSSR count). The number of fused-ring (bicyclic) bond motifs is 1. The molecule has 1 aromatic heterocycles. The maximum absolute atomic E-state index is 12.4. The largest absolute Gasteiger partial charge is 0.493 e. The number of rotatable bonds is 5. The fourth-order valence-electron chi connectivity index (χ4n) is 2.80. The lowest BCUT2D eigenvalue weighted by atomic mass is 9.97. The zero-order chi connectivity index (χ0) is 17.8. The molecule has 2 aromatic carbocycles. The molecule has 1 heterocycles. The first-order valence-corrected chi connectivity index (χ1v) is 7.96. The van der Waals surface area contributed by atoms with E-state index < -0.39 is 5.97 Å². The molecule has 0 spiro atoms. The number of hydrogen-bond donors (Lipinski definition) is 0. The highest BCUT2D eigenvalue weighted by Gasteiger charge is 2.20. The predicted octanol–water partition coefficient (Wildman–Crippen LogP) is 4.10. The molecule has 0 aliphatic carbocycles. The highest BCUT2D eigenvalue weighted by molar-refractivity contribution is 6.07. The molecule has 128 valence electrons. The van der Waals surface area contributed by atoms with Crippen molar-refractivity contribution < 1.29 is 19.0 Å². The number of carbonyl (C=O) groups excluding carboxylic acids is 1. The van der Waals surface area contributed by atoms with Crippen molar-refractivity contribution in [2.24, 2.45) is 0 Å². The lowest BCUT2D eigenvalue weighted by molar-refractivity contribution is 0.0520. The van der Waals surface area contributed by atoms with Crippen molar-refractivity contribution in [3.63, 3.8) is 0 Å². The molecule has 3 aromatic rings. The second kappa shape index (κ2) is 7.21. The normalized spacial score (nSPS) is 10.5. The molecule has 0 radical (unpaired) electrons. The minimum Gasteiger partial charge on any atom is -0.493 e. The molecule has 0 aliphatic rings. The van der Waals surface area contributed by atoms with Gasteiger partial charge >= 0.3 is 5.97 Å². The molecule has 0 amide bonds. The molecular weight excluding hydrogens is 318 g/mol. The Morgan fingerprint density at radius 3 is 2.36 bits per heavy atom. The van der Waals surface area contributed by atoms with Gasteiger partial charge in [-0.1, -0.05) is 30.3 Å². The maximum atomic E-state index is 12.4. The van der Waals surface area contributed by atoms with Gasteiger partial charge in [0.25, 0.3) is 0 Å². The number of hydrogen-bond acceptors (Lipinski definition) is 5. The van der Waals surface area contributed by atoms with Crippen LogP contribution in [-0.4, -0.2) is 31.8 Å². The first-order chi connectivity index (χ1) is 12.2. The number of methoxy groups -OCH3 is 2. The van der Waals surface area contributed by atoms with E-state index in [1.165, 1.54) is 0 Å². The molecule has 0 atom stereocenters. The van der Waals surface area contributed by atoms with Crippen molar-refractivity contribution in [2.75, 3.05) is 20.8 Å². The Balaban J connectivity index is 2.35. The zero-order valence-electron chi connectivity index (χ0n) is 14.4. The molecule has 25 heavy (non-hydrogen) atoms. The molecular formula is C20H19NO4. The van der Waals surface area contributed by atoms with Crippen molar-refractivity contribution in [3.05, 3.63) is 54.4 Å². The first kappa shape index (κ1) is 16.8. The Morgan fingerprint density at radius 1 is 1.04 bits per heavy atom. The topological polar surface area (TPSA) is 57.7 Å². The minimum absolute atomic E-state index is 0.285. The van der Waals surface area contributed by atoms with Crippen LogP contribution in [0.2, 0.25) is 0 Å². The molecule has 0 aliphatic heterocycles. The number of esters is 1. The average molecular weight is 337 g/mol. The van der Waals surface area contributed by atoms with Gasteiger partial charge in [0.2, 0.25) is 0 Å². The smallest absolute Gasteiger partial charge is 0.357 e. The van der Waals surface area contributed by atoms with Crippen molar-refractivity contribution >= 4 is 16.7 Å². The number of carbonyl (C=O) groups is 1.